The molecular weight excluding hydrogens is 204 g/mol. The second-order valence-corrected chi connectivity index (χ2v) is 3.86. The van der Waals surface area contributed by atoms with Crippen LogP contribution in [0.25, 0.3) is 11.3 Å². The van der Waals surface area contributed by atoms with Crippen LogP contribution in [0.5, 0.6) is 0 Å². The summed E-state index contributed by atoms with van der Waals surface area (Å²) in [5.41, 5.74) is 8.22. The number of nitrogen functional groups attached to an aromatic ring is 1. The summed E-state index contributed by atoms with van der Waals surface area (Å²) in [7, 11) is 0. The molecule has 4 heteroatoms. The average Bonchev–Trinajstić information content (AvgIpc) is 2.65. The van der Waals surface area contributed by atoms with E-state index in [2.05, 4.69) is 5.16 Å². The van der Waals surface area contributed by atoms with Crippen molar-refractivity contribution in [3.63, 3.8) is 0 Å². The Labute approximate surface area is 93.7 Å². The first-order valence-electron chi connectivity index (χ1n) is 5.15. The number of aliphatic hydroxyl groups excluding tert-OH is 1. The van der Waals surface area contributed by atoms with Crippen LogP contribution in [0, 0.1) is 0 Å². The summed E-state index contributed by atoms with van der Waals surface area (Å²) in [5.74, 6) is 0.308. The topological polar surface area (TPSA) is 72.3 Å². The molecule has 16 heavy (non-hydrogen) atoms. The maximum Gasteiger partial charge on any atom is 0.222 e. The molecule has 2 aromatic rings. The fraction of sp³-hybridized carbons (Fsp3) is 0.250. The molecule has 0 fully saturated rings. The van der Waals surface area contributed by atoms with E-state index in [0.717, 1.165) is 16.8 Å². The summed E-state index contributed by atoms with van der Waals surface area (Å²) < 4.78 is 4.80. The van der Waals surface area contributed by atoms with Crippen LogP contribution in [0.3, 0.4) is 0 Å². The van der Waals surface area contributed by atoms with Gasteiger partial charge in [0.2, 0.25) is 5.88 Å². The van der Waals surface area contributed by atoms with Crippen LogP contribution in [0.4, 0.5) is 5.88 Å². The monoisotopic (exact) mass is 218 g/mol. The molecule has 4 nitrogen and oxygen atoms in total. The van der Waals surface area contributed by atoms with E-state index in [4.69, 9.17) is 10.3 Å². The molecule has 2 rings (SSSR count). The van der Waals surface area contributed by atoms with Gasteiger partial charge in [-0.1, -0.05) is 29.4 Å². The SMILES string of the molecule is CC(O)Cc1ccc(-c2cc(N)on2)cc1. The lowest BCUT2D eigenvalue weighted by atomic mass is 10.1. The molecule has 0 amide bonds. The van der Waals surface area contributed by atoms with Gasteiger partial charge in [-0.3, -0.25) is 0 Å². The van der Waals surface area contributed by atoms with Gasteiger partial charge >= 0.3 is 0 Å². The van der Waals surface area contributed by atoms with Crippen molar-refractivity contribution >= 4 is 5.88 Å². The Morgan fingerprint density at radius 1 is 1.38 bits per heavy atom. The number of anilines is 1. The Morgan fingerprint density at radius 3 is 2.56 bits per heavy atom. The first-order valence-corrected chi connectivity index (χ1v) is 5.15. The number of hydrogen-bond donors (Lipinski definition) is 2. The van der Waals surface area contributed by atoms with Gasteiger partial charge in [-0.2, -0.15) is 0 Å². The normalized spacial score (nSPS) is 12.6. The maximum absolute atomic E-state index is 9.25. The number of aliphatic hydroxyl groups is 1. The summed E-state index contributed by atoms with van der Waals surface area (Å²) in [6.07, 6.45) is 0.329. The second-order valence-electron chi connectivity index (χ2n) is 3.86. The van der Waals surface area contributed by atoms with Crippen molar-refractivity contribution in [2.75, 3.05) is 5.73 Å². The number of hydrogen-bond acceptors (Lipinski definition) is 4. The smallest absolute Gasteiger partial charge is 0.222 e. The Kier molecular flexibility index (Phi) is 2.92. The zero-order chi connectivity index (χ0) is 11.5. The number of rotatable bonds is 3. The van der Waals surface area contributed by atoms with Gasteiger partial charge in [-0.05, 0) is 18.9 Å². The van der Waals surface area contributed by atoms with Crippen molar-refractivity contribution in [1.29, 1.82) is 0 Å². The largest absolute Gasteiger partial charge is 0.393 e. The summed E-state index contributed by atoms with van der Waals surface area (Å²) in [6, 6.07) is 9.49. The minimum atomic E-state index is -0.325. The Hall–Kier alpha value is -1.81. The van der Waals surface area contributed by atoms with E-state index in [1.54, 1.807) is 13.0 Å². The third-order valence-electron chi connectivity index (χ3n) is 2.31. The molecule has 1 heterocycles. The molecule has 84 valence electrons. The lowest BCUT2D eigenvalue weighted by molar-refractivity contribution is 0.195. The lowest BCUT2D eigenvalue weighted by Gasteiger charge is -2.04. The standard InChI is InChI=1S/C12H14N2O2/c1-8(15)6-9-2-4-10(5-3-9)11-7-12(13)16-14-11/h2-5,7-8,15H,6,13H2,1H3. The van der Waals surface area contributed by atoms with Crippen molar-refractivity contribution in [3.05, 3.63) is 35.9 Å². The van der Waals surface area contributed by atoms with Gasteiger partial charge in [0, 0.05) is 11.6 Å². The zero-order valence-corrected chi connectivity index (χ0v) is 9.05. The molecule has 0 bridgehead atoms. The minimum absolute atomic E-state index is 0.308. The van der Waals surface area contributed by atoms with Gasteiger partial charge < -0.3 is 15.4 Å². The lowest BCUT2D eigenvalue weighted by Crippen LogP contribution is -2.03. The van der Waals surface area contributed by atoms with Gasteiger partial charge in [0.15, 0.2) is 0 Å². The van der Waals surface area contributed by atoms with Gasteiger partial charge in [0.1, 0.15) is 5.69 Å². The molecule has 1 atom stereocenters. The van der Waals surface area contributed by atoms with Gasteiger partial charge in [-0.15, -0.1) is 0 Å². The van der Waals surface area contributed by atoms with Crippen LogP contribution in [-0.4, -0.2) is 16.4 Å². The van der Waals surface area contributed by atoms with E-state index in [1.807, 2.05) is 24.3 Å². The van der Waals surface area contributed by atoms with E-state index in [1.165, 1.54) is 0 Å². The molecule has 0 saturated heterocycles. The molecule has 0 aliphatic rings. The van der Waals surface area contributed by atoms with Crippen LogP contribution in [-0.2, 0) is 6.42 Å². The molecule has 0 aliphatic heterocycles. The van der Waals surface area contributed by atoms with Crippen molar-refractivity contribution in [2.45, 2.75) is 19.4 Å². The molecule has 0 spiro atoms. The Morgan fingerprint density at radius 2 is 2.06 bits per heavy atom. The van der Waals surface area contributed by atoms with Crippen LogP contribution in [0.1, 0.15) is 12.5 Å². The van der Waals surface area contributed by atoms with Gasteiger partial charge in [0.05, 0.1) is 6.10 Å². The first-order chi connectivity index (χ1) is 7.65. The predicted octanol–water partition coefficient (Wildman–Crippen LogP) is 1.85. The molecule has 0 radical (unpaired) electrons. The number of nitrogens with two attached hydrogens (primary N) is 1. The second kappa shape index (κ2) is 4.37. The summed E-state index contributed by atoms with van der Waals surface area (Å²) >= 11 is 0. The molecular formula is C12H14N2O2. The summed E-state index contributed by atoms with van der Waals surface area (Å²) in [4.78, 5) is 0. The molecule has 0 aliphatic carbocycles. The Balaban J connectivity index is 2.19. The third kappa shape index (κ3) is 2.41. The quantitative estimate of drug-likeness (QED) is 0.824. The molecule has 1 aromatic heterocycles. The van der Waals surface area contributed by atoms with E-state index >= 15 is 0 Å². The van der Waals surface area contributed by atoms with E-state index < -0.39 is 0 Å². The van der Waals surface area contributed by atoms with Crippen molar-refractivity contribution < 1.29 is 9.63 Å². The predicted molar refractivity (Wildman–Crippen MR) is 61.7 cm³/mol. The number of benzene rings is 1. The molecule has 1 unspecified atom stereocenters. The molecule has 0 saturated carbocycles. The van der Waals surface area contributed by atoms with Crippen molar-refractivity contribution in [2.24, 2.45) is 0 Å². The van der Waals surface area contributed by atoms with E-state index in [0.29, 0.717) is 12.3 Å². The number of nitrogens with zero attached hydrogens (tertiary/aromatic N) is 1. The third-order valence-corrected chi connectivity index (χ3v) is 2.31. The molecule has 3 N–H and O–H groups in total. The van der Waals surface area contributed by atoms with Crippen molar-refractivity contribution in [3.8, 4) is 11.3 Å². The fourth-order valence-corrected chi connectivity index (χ4v) is 1.58. The van der Waals surface area contributed by atoms with E-state index in [9.17, 15) is 5.11 Å². The van der Waals surface area contributed by atoms with Crippen molar-refractivity contribution in [1.82, 2.24) is 5.16 Å². The maximum atomic E-state index is 9.25. The van der Waals surface area contributed by atoms with Crippen LogP contribution in [0.15, 0.2) is 34.9 Å². The fourth-order valence-electron chi connectivity index (χ4n) is 1.58. The zero-order valence-electron chi connectivity index (χ0n) is 9.05. The number of aromatic nitrogens is 1. The highest BCUT2D eigenvalue weighted by molar-refractivity contribution is 5.61. The Bertz CT molecular complexity index is 460. The van der Waals surface area contributed by atoms with Crippen LogP contribution < -0.4 is 5.73 Å². The summed E-state index contributed by atoms with van der Waals surface area (Å²) in [6.45, 7) is 1.77. The average molecular weight is 218 g/mol. The summed E-state index contributed by atoms with van der Waals surface area (Å²) in [5, 5.41) is 13.1. The van der Waals surface area contributed by atoms with E-state index in [-0.39, 0.29) is 6.10 Å². The highest BCUT2D eigenvalue weighted by Gasteiger charge is 2.04. The van der Waals surface area contributed by atoms with Gasteiger partial charge in [0.25, 0.3) is 0 Å². The molecule has 1 aromatic carbocycles. The highest BCUT2D eigenvalue weighted by atomic mass is 16.5. The highest BCUT2D eigenvalue weighted by Crippen LogP contribution is 2.20. The van der Waals surface area contributed by atoms with Gasteiger partial charge in [-0.25, -0.2) is 0 Å². The minimum Gasteiger partial charge on any atom is -0.393 e. The van der Waals surface area contributed by atoms with Crippen LogP contribution >= 0.6 is 0 Å². The van der Waals surface area contributed by atoms with Crippen LogP contribution in [0.2, 0.25) is 0 Å². The first kappa shape index (κ1) is 10.7.